The molecule has 1 N–H and O–H groups in total. The van der Waals surface area contributed by atoms with Crippen molar-refractivity contribution < 1.29 is 17.6 Å². The molecule has 0 atom stereocenters. The molecular weight excluding hydrogens is 403 g/mol. The summed E-state index contributed by atoms with van der Waals surface area (Å²) in [5.74, 6) is -1.01. The van der Waals surface area contributed by atoms with Gasteiger partial charge in [-0.25, -0.2) is 12.8 Å². The molecule has 0 heterocycles. The quantitative estimate of drug-likeness (QED) is 0.660. The number of nitrogens with one attached hydrogen (secondary N) is 1. The van der Waals surface area contributed by atoms with E-state index in [9.17, 15) is 17.6 Å². The second-order valence-corrected chi connectivity index (χ2v) is 8.29. The molecule has 28 heavy (non-hydrogen) atoms. The smallest absolute Gasteiger partial charge is 0.264 e. The van der Waals surface area contributed by atoms with Gasteiger partial charge >= 0.3 is 0 Å². The van der Waals surface area contributed by atoms with Crippen molar-refractivity contribution in [2.75, 3.05) is 16.7 Å². The van der Waals surface area contributed by atoms with Gasteiger partial charge in [0.15, 0.2) is 0 Å². The van der Waals surface area contributed by atoms with Crippen molar-refractivity contribution in [1.29, 1.82) is 0 Å². The Morgan fingerprint density at radius 3 is 2.25 bits per heavy atom. The minimum absolute atomic E-state index is 0.0964. The summed E-state index contributed by atoms with van der Waals surface area (Å²) >= 11 is 5.70. The maximum absolute atomic E-state index is 13.2. The van der Waals surface area contributed by atoms with Crippen molar-refractivity contribution in [2.24, 2.45) is 0 Å². The molecule has 3 aromatic rings. The lowest BCUT2D eigenvalue weighted by molar-refractivity contribution is 0.102. The summed E-state index contributed by atoms with van der Waals surface area (Å²) in [5, 5.41) is 2.51. The zero-order chi connectivity index (χ0) is 20.3. The van der Waals surface area contributed by atoms with E-state index in [2.05, 4.69) is 5.32 Å². The largest absolute Gasteiger partial charge is 0.322 e. The van der Waals surface area contributed by atoms with Gasteiger partial charge in [0.05, 0.1) is 15.6 Å². The third-order valence-corrected chi connectivity index (χ3v) is 6.16. The van der Waals surface area contributed by atoms with Crippen molar-refractivity contribution in [3.8, 4) is 0 Å². The highest BCUT2D eigenvalue weighted by Crippen LogP contribution is 2.23. The van der Waals surface area contributed by atoms with E-state index >= 15 is 0 Å². The fourth-order valence-electron chi connectivity index (χ4n) is 2.49. The van der Waals surface area contributed by atoms with E-state index in [1.54, 1.807) is 18.2 Å². The van der Waals surface area contributed by atoms with Gasteiger partial charge in [-0.3, -0.25) is 9.10 Å². The molecule has 0 aliphatic carbocycles. The number of benzene rings is 3. The van der Waals surface area contributed by atoms with Crippen LogP contribution >= 0.6 is 11.6 Å². The molecule has 0 aromatic heterocycles. The van der Waals surface area contributed by atoms with Gasteiger partial charge in [0.2, 0.25) is 0 Å². The van der Waals surface area contributed by atoms with Gasteiger partial charge in [0, 0.05) is 18.3 Å². The summed E-state index contributed by atoms with van der Waals surface area (Å²) in [5.41, 5.74) is 1.07. The Morgan fingerprint density at radius 2 is 1.64 bits per heavy atom. The first-order valence-corrected chi connectivity index (χ1v) is 10.0. The van der Waals surface area contributed by atoms with Gasteiger partial charge in [0.1, 0.15) is 5.82 Å². The molecule has 0 unspecified atom stereocenters. The van der Waals surface area contributed by atoms with E-state index in [0.29, 0.717) is 16.9 Å². The van der Waals surface area contributed by atoms with Crippen molar-refractivity contribution in [2.45, 2.75) is 4.90 Å². The Morgan fingerprint density at radius 1 is 1.00 bits per heavy atom. The molecule has 3 rings (SSSR count). The number of anilines is 2. The lowest BCUT2D eigenvalue weighted by atomic mass is 10.2. The van der Waals surface area contributed by atoms with Gasteiger partial charge in [0.25, 0.3) is 15.9 Å². The zero-order valence-corrected chi connectivity index (χ0v) is 16.3. The number of halogens is 2. The Bertz CT molecular complexity index is 1100. The Hall–Kier alpha value is -2.90. The van der Waals surface area contributed by atoms with E-state index < -0.39 is 21.7 Å². The molecule has 0 saturated carbocycles. The molecule has 0 radical (unpaired) electrons. The molecule has 0 spiro atoms. The number of nitrogens with zero attached hydrogens (tertiary/aromatic N) is 1. The highest BCUT2D eigenvalue weighted by Gasteiger charge is 2.21. The predicted octanol–water partition coefficient (Wildman–Crippen LogP) is 4.56. The van der Waals surface area contributed by atoms with Gasteiger partial charge in [-0.05, 0) is 54.6 Å². The molecule has 0 fully saturated rings. The van der Waals surface area contributed by atoms with E-state index in [-0.39, 0.29) is 9.92 Å². The van der Waals surface area contributed by atoms with Crippen LogP contribution in [0.3, 0.4) is 0 Å². The summed E-state index contributed by atoms with van der Waals surface area (Å²) in [6.45, 7) is 0. The van der Waals surface area contributed by atoms with Crippen LogP contribution in [0.2, 0.25) is 5.02 Å². The third-order valence-electron chi connectivity index (χ3n) is 4.07. The molecule has 0 saturated heterocycles. The Kier molecular flexibility index (Phi) is 5.67. The number of hydrogen-bond acceptors (Lipinski definition) is 3. The van der Waals surface area contributed by atoms with Crippen LogP contribution in [0.25, 0.3) is 0 Å². The maximum atomic E-state index is 13.2. The Balaban J connectivity index is 1.77. The average molecular weight is 419 g/mol. The van der Waals surface area contributed by atoms with Crippen LogP contribution in [0.15, 0.2) is 77.7 Å². The molecule has 0 aliphatic rings. The fraction of sp³-hybridized carbons (Fsp3) is 0.0500. The summed E-state index contributed by atoms with van der Waals surface area (Å²) in [6, 6.07) is 18.0. The van der Waals surface area contributed by atoms with Crippen LogP contribution in [0.4, 0.5) is 15.8 Å². The van der Waals surface area contributed by atoms with Gasteiger partial charge in [-0.2, -0.15) is 0 Å². The molecule has 0 bridgehead atoms. The minimum atomic E-state index is -3.70. The molecular formula is C20H16ClFN2O3S. The standard InChI is InChI=1S/C20H16ClFN2O3S/c1-24(28(26,27)17-5-3-2-4-6-17)16-10-7-14(8-11-16)20(25)23-15-9-12-19(22)18(21)13-15/h2-13H,1H3,(H,23,25). The second kappa shape index (κ2) is 8.00. The maximum Gasteiger partial charge on any atom is 0.264 e. The molecule has 0 aliphatic heterocycles. The Labute approximate surface area is 167 Å². The van der Waals surface area contributed by atoms with E-state index in [0.717, 1.165) is 10.4 Å². The first-order valence-electron chi connectivity index (χ1n) is 8.19. The van der Waals surface area contributed by atoms with Crippen molar-refractivity contribution in [3.05, 3.63) is 89.2 Å². The van der Waals surface area contributed by atoms with Crippen LogP contribution in [-0.4, -0.2) is 21.4 Å². The fourth-order valence-corrected chi connectivity index (χ4v) is 3.89. The molecule has 3 aromatic carbocycles. The highest BCUT2D eigenvalue weighted by atomic mass is 35.5. The number of hydrogen-bond donors (Lipinski definition) is 1. The van der Waals surface area contributed by atoms with Crippen LogP contribution in [0.5, 0.6) is 0 Å². The highest BCUT2D eigenvalue weighted by molar-refractivity contribution is 7.92. The summed E-state index contributed by atoms with van der Waals surface area (Å²) in [4.78, 5) is 12.5. The number of sulfonamides is 1. The van der Waals surface area contributed by atoms with Gasteiger partial charge in [-0.15, -0.1) is 0 Å². The minimum Gasteiger partial charge on any atom is -0.322 e. The molecule has 144 valence electrons. The number of carbonyl (C=O) groups excluding carboxylic acids is 1. The third kappa shape index (κ3) is 4.16. The number of rotatable bonds is 5. The van der Waals surface area contributed by atoms with E-state index in [1.807, 2.05) is 0 Å². The van der Waals surface area contributed by atoms with E-state index in [4.69, 9.17) is 11.6 Å². The van der Waals surface area contributed by atoms with Gasteiger partial charge < -0.3 is 5.32 Å². The van der Waals surface area contributed by atoms with E-state index in [1.165, 1.54) is 55.6 Å². The molecule has 1 amide bonds. The van der Waals surface area contributed by atoms with Crippen LogP contribution < -0.4 is 9.62 Å². The van der Waals surface area contributed by atoms with Gasteiger partial charge in [-0.1, -0.05) is 29.8 Å². The lowest BCUT2D eigenvalue weighted by Gasteiger charge is -2.19. The first-order chi connectivity index (χ1) is 13.3. The summed E-state index contributed by atoms with van der Waals surface area (Å²) < 4.78 is 39.7. The average Bonchev–Trinajstić information content (AvgIpc) is 2.71. The van der Waals surface area contributed by atoms with Crippen molar-refractivity contribution in [3.63, 3.8) is 0 Å². The van der Waals surface area contributed by atoms with Crippen LogP contribution in [0, 0.1) is 5.82 Å². The van der Waals surface area contributed by atoms with Crippen LogP contribution in [-0.2, 0) is 10.0 Å². The molecule has 5 nitrogen and oxygen atoms in total. The number of amides is 1. The lowest BCUT2D eigenvalue weighted by Crippen LogP contribution is -2.26. The van der Waals surface area contributed by atoms with Crippen molar-refractivity contribution >= 4 is 38.9 Å². The summed E-state index contributed by atoms with van der Waals surface area (Å²) in [6.07, 6.45) is 0. The second-order valence-electron chi connectivity index (χ2n) is 5.92. The monoisotopic (exact) mass is 418 g/mol. The molecule has 8 heteroatoms. The first kappa shape index (κ1) is 19.9. The zero-order valence-electron chi connectivity index (χ0n) is 14.8. The normalized spacial score (nSPS) is 11.1. The topological polar surface area (TPSA) is 66.5 Å². The van der Waals surface area contributed by atoms with Crippen molar-refractivity contribution in [1.82, 2.24) is 0 Å². The van der Waals surface area contributed by atoms with Crippen LogP contribution in [0.1, 0.15) is 10.4 Å². The predicted molar refractivity (Wildman–Crippen MR) is 108 cm³/mol. The SMILES string of the molecule is CN(c1ccc(C(=O)Nc2ccc(F)c(Cl)c2)cc1)S(=O)(=O)c1ccccc1. The summed E-state index contributed by atoms with van der Waals surface area (Å²) in [7, 11) is -2.26. The number of carbonyl (C=O) groups is 1.